The minimum atomic E-state index is -0.0445. The van der Waals surface area contributed by atoms with E-state index in [0.717, 1.165) is 25.1 Å². The fraction of sp³-hybridized carbons (Fsp3) is 0.667. The zero-order valence-corrected chi connectivity index (χ0v) is 13.7. The van der Waals surface area contributed by atoms with Crippen LogP contribution in [0.2, 0.25) is 0 Å². The van der Waals surface area contributed by atoms with Crippen molar-refractivity contribution in [2.24, 2.45) is 0 Å². The summed E-state index contributed by atoms with van der Waals surface area (Å²) in [6.07, 6.45) is 4.58. The third-order valence-corrected chi connectivity index (χ3v) is 4.50. The number of fused-ring (bicyclic) bond motifs is 1. The van der Waals surface area contributed by atoms with Gasteiger partial charge in [0.2, 0.25) is 0 Å². The van der Waals surface area contributed by atoms with E-state index >= 15 is 0 Å². The van der Waals surface area contributed by atoms with Gasteiger partial charge in [-0.15, -0.1) is 0 Å². The first-order chi connectivity index (χ1) is 9.49. The molecule has 0 amide bonds. The average molecular weight is 275 g/mol. The van der Waals surface area contributed by atoms with E-state index in [4.69, 9.17) is 4.74 Å². The molecule has 2 nitrogen and oxygen atoms in total. The van der Waals surface area contributed by atoms with E-state index in [0.29, 0.717) is 6.04 Å². The quantitative estimate of drug-likeness (QED) is 0.787. The molecule has 112 valence electrons. The van der Waals surface area contributed by atoms with Gasteiger partial charge >= 0.3 is 0 Å². The van der Waals surface area contributed by atoms with Crippen LogP contribution < -0.4 is 10.1 Å². The molecular weight excluding hydrogens is 246 g/mol. The van der Waals surface area contributed by atoms with Crippen molar-refractivity contribution < 1.29 is 4.74 Å². The number of unbranched alkanes of at least 4 members (excludes halogenated alkanes) is 1. The summed E-state index contributed by atoms with van der Waals surface area (Å²) in [5.41, 5.74) is 3.97. The molecule has 0 radical (unpaired) electrons. The minimum absolute atomic E-state index is 0.0445. The standard InChI is InChI=1S/C18H29NO/c1-6-8-9-19-15-12-18(5,7-2)20-16-11-13(3)10-14(4)17(15)16/h10-11,15,19H,6-9,12H2,1-5H3. The van der Waals surface area contributed by atoms with Crippen molar-refractivity contribution in [3.8, 4) is 5.75 Å². The second kappa shape index (κ2) is 6.17. The molecule has 20 heavy (non-hydrogen) atoms. The summed E-state index contributed by atoms with van der Waals surface area (Å²) in [5.74, 6) is 1.09. The lowest BCUT2D eigenvalue weighted by Gasteiger charge is -2.41. The van der Waals surface area contributed by atoms with E-state index in [1.807, 2.05) is 0 Å². The van der Waals surface area contributed by atoms with Crippen molar-refractivity contribution >= 4 is 0 Å². The molecule has 2 unspecified atom stereocenters. The SMILES string of the molecule is CCCCNC1CC(C)(CC)Oc2cc(C)cc(C)c21. The summed E-state index contributed by atoms with van der Waals surface area (Å²) in [7, 11) is 0. The first-order valence-electron chi connectivity index (χ1n) is 8.02. The molecule has 1 N–H and O–H groups in total. The highest BCUT2D eigenvalue weighted by atomic mass is 16.5. The highest BCUT2D eigenvalue weighted by Crippen LogP contribution is 2.43. The normalized spacial score (nSPS) is 25.1. The summed E-state index contributed by atoms with van der Waals surface area (Å²) in [4.78, 5) is 0. The molecule has 1 heterocycles. The van der Waals surface area contributed by atoms with Gasteiger partial charge in [0.15, 0.2) is 0 Å². The Balaban J connectivity index is 2.32. The predicted octanol–water partition coefficient (Wildman–Crippen LogP) is 4.69. The maximum Gasteiger partial charge on any atom is 0.125 e. The van der Waals surface area contributed by atoms with Crippen molar-refractivity contribution in [1.82, 2.24) is 5.32 Å². The zero-order chi connectivity index (χ0) is 14.8. The van der Waals surface area contributed by atoms with Crippen molar-refractivity contribution in [2.75, 3.05) is 6.54 Å². The molecule has 1 aromatic rings. The number of rotatable bonds is 5. The van der Waals surface area contributed by atoms with Gasteiger partial charge in [0.1, 0.15) is 11.4 Å². The fourth-order valence-corrected chi connectivity index (χ4v) is 3.16. The maximum absolute atomic E-state index is 6.33. The summed E-state index contributed by atoms with van der Waals surface area (Å²) in [6.45, 7) is 12.1. The van der Waals surface area contributed by atoms with E-state index in [-0.39, 0.29) is 5.60 Å². The van der Waals surface area contributed by atoms with Crippen molar-refractivity contribution in [1.29, 1.82) is 0 Å². The summed E-state index contributed by atoms with van der Waals surface area (Å²) in [5, 5.41) is 3.75. The molecule has 0 spiro atoms. The van der Waals surface area contributed by atoms with Crippen LogP contribution in [-0.4, -0.2) is 12.1 Å². The van der Waals surface area contributed by atoms with Gasteiger partial charge in [-0.1, -0.05) is 26.3 Å². The topological polar surface area (TPSA) is 21.3 Å². The first-order valence-corrected chi connectivity index (χ1v) is 8.02. The van der Waals surface area contributed by atoms with E-state index in [1.165, 1.54) is 29.5 Å². The molecule has 0 saturated carbocycles. The average Bonchev–Trinajstić information content (AvgIpc) is 2.37. The smallest absolute Gasteiger partial charge is 0.125 e. The lowest BCUT2D eigenvalue weighted by Crippen LogP contribution is -2.42. The Kier molecular flexibility index (Phi) is 4.74. The second-order valence-electron chi connectivity index (χ2n) is 6.46. The molecule has 0 saturated heterocycles. The van der Waals surface area contributed by atoms with Crippen LogP contribution in [0, 0.1) is 13.8 Å². The van der Waals surface area contributed by atoms with Crippen LogP contribution in [0.25, 0.3) is 0 Å². The van der Waals surface area contributed by atoms with Crippen molar-refractivity contribution in [2.45, 2.75) is 71.9 Å². The number of hydrogen-bond acceptors (Lipinski definition) is 2. The molecule has 1 aliphatic rings. The first kappa shape index (κ1) is 15.4. The zero-order valence-electron chi connectivity index (χ0n) is 13.7. The summed E-state index contributed by atoms with van der Waals surface area (Å²) < 4.78 is 6.33. The third-order valence-electron chi connectivity index (χ3n) is 4.50. The number of benzene rings is 1. The van der Waals surface area contributed by atoms with Gasteiger partial charge in [0.25, 0.3) is 0 Å². The molecule has 1 aliphatic heterocycles. The van der Waals surface area contributed by atoms with Crippen LogP contribution in [0.1, 0.15) is 69.2 Å². The Labute approximate surface area is 123 Å². The minimum Gasteiger partial charge on any atom is -0.487 e. The van der Waals surface area contributed by atoms with Crippen LogP contribution in [0.4, 0.5) is 0 Å². The number of nitrogens with one attached hydrogen (secondary N) is 1. The van der Waals surface area contributed by atoms with Crippen molar-refractivity contribution in [3.63, 3.8) is 0 Å². The molecule has 2 heteroatoms. The van der Waals surface area contributed by atoms with Gasteiger partial charge in [-0.3, -0.25) is 0 Å². The lowest BCUT2D eigenvalue weighted by atomic mass is 9.84. The van der Waals surface area contributed by atoms with E-state index < -0.39 is 0 Å². The molecule has 2 atom stereocenters. The number of aryl methyl sites for hydroxylation is 2. The largest absolute Gasteiger partial charge is 0.487 e. The molecule has 0 aromatic heterocycles. The second-order valence-corrected chi connectivity index (χ2v) is 6.46. The van der Waals surface area contributed by atoms with Crippen LogP contribution in [0.5, 0.6) is 5.75 Å². The van der Waals surface area contributed by atoms with Crippen molar-refractivity contribution in [3.05, 3.63) is 28.8 Å². The molecular formula is C18H29NO. The van der Waals surface area contributed by atoms with E-state index in [2.05, 4.69) is 52.1 Å². The Morgan fingerprint density at radius 3 is 2.70 bits per heavy atom. The Hall–Kier alpha value is -1.02. The lowest BCUT2D eigenvalue weighted by molar-refractivity contribution is 0.0439. The molecule has 0 fully saturated rings. The van der Waals surface area contributed by atoms with E-state index in [9.17, 15) is 0 Å². The summed E-state index contributed by atoms with van der Waals surface area (Å²) >= 11 is 0. The Bertz CT molecular complexity index is 469. The number of hydrogen-bond donors (Lipinski definition) is 1. The fourth-order valence-electron chi connectivity index (χ4n) is 3.16. The van der Waals surface area contributed by atoms with Gasteiger partial charge in [-0.25, -0.2) is 0 Å². The molecule has 1 aromatic carbocycles. The predicted molar refractivity (Wildman–Crippen MR) is 85.5 cm³/mol. The molecule has 0 aliphatic carbocycles. The summed E-state index contributed by atoms with van der Waals surface area (Å²) in [6, 6.07) is 4.89. The highest BCUT2D eigenvalue weighted by molar-refractivity contribution is 5.47. The maximum atomic E-state index is 6.33. The van der Waals surface area contributed by atoms with Crippen LogP contribution in [0.3, 0.4) is 0 Å². The monoisotopic (exact) mass is 275 g/mol. The van der Waals surface area contributed by atoms with Gasteiger partial charge in [0.05, 0.1) is 0 Å². The van der Waals surface area contributed by atoms with Crippen LogP contribution in [0.15, 0.2) is 12.1 Å². The van der Waals surface area contributed by atoms with Gasteiger partial charge in [0, 0.05) is 18.0 Å². The van der Waals surface area contributed by atoms with Crippen LogP contribution >= 0.6 is 0 Å². The molecule has 2 rings (SSSR count). The van der Waals surface area contributed by atoms with Crippen LogP contribution in [-0.2, 0) is 0 Å². The van der Waals surface area contributed by atoms with E-state index in [1.54, 1.807) is 0 Å². The highest BCUT2D eigenvalue weighted by Gasteiger charge is 2.36. The Morgan fingerprint density at radius 1 is 1.30 bits per heavy atom. The van der Waals surface area contributed by atoms with Gasteiger partial charge in [-0.05, 0) is 57.4 Å². The Morgan fingerprint density at radius 2 is 2.05 bits per heavy atom. The van der Waals surface area contributed by atoms with Gasteiger partial charge < -0.3 is 10.1 Å². The third kappa shape index (κ3) is 3.17. The van der Waals surface area contributed by atoms with Gasteiger partial charge in [-0.2, -0.15) is 0 Å². The number of ether oxygens (including phenoxy) is 1. The molecule has 0 bridgehead atoms.